The highest BCUT2D eigenvalue weighted by Crippen LogP contribution is 2.41. The van der Waals surface area contributed by atoms with Crippen LogP contribution in [0.4, 0.5) is 5.69 Å². The molecule has 1 aromatic heterocycles. The second-order valence-electron chi connectivity index (χ2n) is 7.18. The summed E-state index contributed by atoms with van der Waals surface area (Å²) in [6, 6.07) is 20.4. The second-order valence-corrected chi connectivity index (χ2v) is 7.18. The molecule has 0 saturated carbocycles. The van der Waals surface area contributed by atoms with Gasteiger partial charge in [0.1, 0.15) is 11.3 Å². The Labute approximate surface area is 166 Å². The van der Waals surface area contributed by atoms with Crippen LogP contribution in [0.1, 0.15) is 33.3 Å². The summed E-state index contributed by atoms with van der Waals surface area (Å²) in [5.41, 5.74) is 2.73. The molecule has 0 spiro atoms. The van der Waals surface area contributed by atoms with E-state index < -0.39 is 6.04 Å². The van der Waals surface area contributed by atoms with Gasteiger partial charge in [-0.3, -0.25) is 14.5 Å². The molecular weight excluding hydrogens is 366 g/mol. The number of carbonyl (C=O) groups excluding carboxylic acids is 1. The SMILES string of the molecule is Cc1cccc(N2C(=O)c3oc4ccccc4c(=O)c3C2c2cccc(O)c2)c1. The van der Waals surface area contributed by atoms with Gasteiger partial charge in [0.25, 0.3) is 5.91 Å². The fourth-order valence-electron chi connectivity index (χ4n) is 3.97. The minimum absolute atomic E-state index is 0.0450. The number of hydrogen-bond donors (Lipinski definition) is 1. The lowest BCUT2D eigenvalue weighted by molar-refractivity contribution is 0.0971. The van der Waals surface area contributed by atoms with Crippen molar-refractivity contribution in [3.05, 3.63) is 105 Å². The first-order valence-corrected chi connectivity index (χ1v) is 9.29. The number of aryl methyl sites for hydroxylation is 1. The number of carbonyl (C=O) groups is 1. The highest BCUT2D eigenvalue weighted by molar-refractivity contribution is 6.10. The van der Waals surface area contributed by atoms with Crippen LogP contribution in [0, 0.1) is 6.92 Å². The molecule has 5 rings (SSSR count). The van der Waals surface area contributed by atoms with Gasteiger partial charge in [0.2, 0.25) is 5.76 Å². The third-order valence-corrected chi connectivity index (χ3v) is 5.24. The Morgan fingerprint density at radius 2 is 1.72 bits per heavy atom. The van der Waals surface area contributed by atoms with E-state index in [4.69, 9.17) is 4.42 Å². The summed E-state index contributed by atoms with van der Waals surface area (Å²) in [5.74, 6) is -0.261. The van der Waals surface area contributed by atoms with Crippen molar-refractivity contribution in [2.75, 3.05) is 4.90 Å². The average Bonchev–Trinajstić information content (AvgIpc) is 3.01. The van der Waals surface area contributed by atoms with Gasteiger partial charge in [-0.25, -0.2) is 0 Å². The fraction of sp³-hybridized carbons (Fsp3) is 0.0833. The van der Waals surface area contributed by atoms with Crippen molar-refractivity contribution in [2.24, 2.45) is 0 Å². The summed E-state index contributed by atoms with van der Waals surface area (Å²) in [6.45, 7) is 1.94. The van der Waals surface area contributed by atoms with Gasteiger partial charge in [-0.1, -0.05) is 36.4 Å². The molecule has 0 saturated heterocycles. The van der Waals surface area contributed by atoms with Crippen molar-refractivity contribution in [3.63, 3.8) is 0 Å². The van der Waals surface area contributed by atoms with Crippen LogP contribution in [0.2, 0.25) is 0 Å². The lowest BCUT2D eigenvalue weighted by atomic mass is 9.98. The van der Waals surface area contributed by atoms with Gasteiger partial charge in [0.05, 0.1) is 17.0 Å². The summed E-state index contributed by atoms with van der Waals surface area (Å²) in [7, 11) is 0. The molecule has 1 atom stereocenters. The Morgan fingerprint density at radius 1 is 0.931 bits per heavy atom. The molecule has 1 aliphatic heterocycles. The van der Waals surface area contributed by atoms with Gasteiger partial charge < -0.3 is 9.52 Å². The minimum atomic E-state index is -0.688. The van der Waals surface area contributed by atoms with E-state index in [1.165, 1.54) is 0 Å². The minimum Gasteiger partial charge on any atom is -0.508 e. The Bertz CT molecular complexity index is 1340. The van der Waals surface area contributed by atoms with E-state index in [1.807, 2.05) is 31.2 Å². The predicted molar refractivity (Wildman–Crippen MR) is 110 cm³/mol. The van der Waals surface area contributed by atoms with Gasteiger partial charge in [-0.05, 0) is 54.4 Å². The standard InChI is InChI=1S/C24H17NO4/c1-14-6-4-8-16(12-14)25-21(15-7-5-9-17(26)13-15)20-22(27)18-10-2-3-11-19(18)29-23(20)24(25)28/h2-13,21,26H,1H3. The number of aromatic hydroxyl groups is 1. The van der Waals surface area contributed by atoms with E-state index in [0.29, 0.717) is 27.8 Å². The first-order chi connectivity index (χ1) is 14.0. The molecule has 0 fully saturated rings. The Morgan fingerprint density at radius 3 is 2.52 bits per heavy atom. The summed E-state index contributed by atoms with van der Waals surface area (Å²) in [4.78, 5) is 28.3. The molecule has 4 aromatic rings. The molecule has 1 amide bonds. The van der Waals surface area contributed by atoms with Gasteiger partial charge in [0, 0.05) is 5.69 Å². The lowest BCUT2D eigenvalue weighted by Gasteiger charge is -2.25. The molecule has 29 heavy (non-hydrogen) atoms. The quantitative estimate of drug-likeness (QED) is 0.551. The maximum Gasteiger partial charge on any atom is 0.295 e. The molecule has 5 nitrogen and oxygen atoms in total. The average molecular weight is 383 g/mol. The highest BCUT2D eigenvalue weighted by atomic mass is 16.3. The fourth-order valence-corrected chi connectivity index (χ4v) is 3.97. The van der Waals surface area contributed by atoms with Crippen LogP contribution in [0.3, 0.4) is 0 Å². The van der Waals surface area contributed by atoms with Gasteiger partial charge >= 0.3 is 0 Å². The number of benzene rings is 3. The van der Waals surface area contributed by atoms with Crippen LogP contribution in [0.15, 0.2) is 82.0 Å². The van der Waals surface area contributed by atoms with Crippen LogP contribution in [0.25, 0.3) is 11.0 Å². The second kappa shape index (κ2) is 6.34. The van der Waals surface area contributed by atoms with E-state index in [9.17, 15) is 14.7 Å². The number of anilines is 1. The number of nitrogens with zero attached hydrogens (tertiary/aromatic N) is 1. The zero-order valence-corrected chi connectivity index (χ0v) is 15.6. The smallest absolute Gasteiger partial charge is 0.295 e. The summed E-state index contributed by atoms with van der Waals surface area (Å²) >= 11 is 0. The first kappa shape index (κ1) is 17.3. The summed E-state index contributed by atoms with van der Waals surface area (Å²) < 4.78 is 5.91. The Hall–Kier alpha value is -3.86. The molecule has 1 N–H and O–H groups in total. The van der Waals surface area contributed by atoms with E-state index in [2.05, 4.69) is 0 Å². The monoisotopic (exact) mass is 383 g/mol. The van der Waals surface area contributed by atoms with E-state index in [-0.39, 0.29) is 22.8 Å². The van der Waals surface area contributed by atoms with Crippen LogP contribution in [0.5, 0.6) is 5.75 Å². The predicted octanol–water partition coefficient (Wildman–Crippen LogP) is 4.56. The number of rotatable bonds is 2. The number of para-hydroxylation sites is 1. The van der Waals surface area contributed by atoms with Gasteiger partial charge in [0.15, 0.2) is 5.43 Å². The van der Waals surface area contributed by atoms with Crippen molar-refractivity contribution in [3.8, 4) is 5.75 Å². The third-order valence-electron chi connectivity index (χ3n) is 5.24. The highest BCUT2D eigenvalue weighted by Gasteiger charge is 2.43. The molecule has 5 heteroatoms. The van der Waals surface area contributed by atoms with Gasteiger partial charge in [-0.2, -0.15) is 0 Å². The van der Waals surface area contributed by atoms with Crippen molar-refractivity contribution in [1.29, 1.82) is 0 Å². The first-order valence-electron chi connectivity index (χ1n) is 9.29. The van der Waals surface area contributed by atoms with Gasteiger partial charge in [-0.15, -0.1) is 0 Å². The van der Waals surface area contributed by atoms with Crippen LogP contribution in [-0.2, 0) is 0 Å². The summed E-state index contributed by atoms with van der Waals surface area (Å²) in [6.07, 6.45) is 0. The van der Waals surface area contributed by atoms with Crippen LogP contribution in [-0.4, -0.2) is 11.0 Å². The molecule has 2 heterocycles. The topological polar surface area (TPSA) is 70.8 Å². The van der Waals surface area contributed by atoms with Crippen molar-refractivity contribution >= 4 is 22.6 Å². The largest absolute Gasteiger partial charge is 0.508 e. The zero-order valence-electron chi connectivity index (χ0n) is 15.6. The molecule has 1 aliphatic rings. The number of phenolic OH excluding ortho intramolecular Hbond substituents is 1. The van der Waals surface area contributed by atoms with Crippen molar-refractivity contribution < 1.29 is 14.3 Å². The molecule has 0 radical (unpaired) electrons. The third kappa shape index (κ3) is 2.63. The van der Waals surface area contributed by atoms with Crippen LogP contribution >= 0.6 is 0 Å². The molecule has 0 bridgehead atoms. The molecule has 142 valence electrons. The summed E-state index contributed by atoms with van der Waals surface area (Å²) in [5, 5.41) is 10.5. The molecule has 0 aliphatic carbocycles. The van der Waals surface area contributed by atoms with Crippen LogP contribution < -0.4 is 10.3 Å². The van der Waals surface area contributed by atoms with Crippen molar-refractivity contribution in [1.82, 2.24) is 0 Å². The number of hydrogen-bond acceptors (Lipinski definition) is 4. The van der Waals surface area contributed by atoms with E-state index in [0.717, 1.165) is 5.56 Å². The number of fused-ring (bicyclic) bond motifs is 2. The normalized spacial score (nSPS) is 15.7. The van der Waals surface area contributed by atoms with E-state index in [1.54, 1.807) is 53.4 Å². The Balaban J connectivity index is 1.84. The van der Waals surface area contributed by atoms with E-state index >= 15 is 0 Å². The number of phenols is 1. The van der Waals surface area contributed by atoms with Crippen molar-refractivity contribution in [2.45, 2.75) is 13.0 Å². The molecule has 1 unspecified atom stereocenters. The molecule has 3 aromatic carbocycles. The maximum atomic E-state index is 13.4. The number of amides is 1. The molecular formula is C24H17NO4. The zero-order chi connectivity index (χ0) is 20.1. The maximum absolute atomic E-state index is 13.4. The Kier molecular flexibility index (Phi) is 3.77. The lowest BCUT2D eigenvalue weighted by Crippen LogP contribution is -2.29.